The number of hydrogen-bond donors (Lipinski definition) is 1. The first-order valence-corrected chi connectivity index (χ1v) is 10.2. The van der Waals surface area contributed by atoms with Gasteiger partial charge in [0.25, 0.3) is 0 Å². The molecule has 5 heteroatoms. The zero-order valence-corrected chi connectivity index (χ0v) is 13.8. The molecule has 1 aromatic carbocycles. The van der Waals surface area contributed by atoms with Crippen LogP contribution in [0.2, 0.25) is 0 Å². The Bertz CT molecular complexity index is 688. The summed E-state index contributed by atoms with van der Waals surface area (Å²) in [6, 6.07) is 10.9. The van der Waals surface area contributed by atoms with Crippen LogP contribution in [0, 0.1) is 0 Å². The number of benzene rings is 1. The number of sulfone groups is 1. The Morgan fingerprint density at radius 1 is 1.29 bits per heavy atom. The van der Waals surface area contributed by atoms with Crippen LogP contribution in [0.3, 0.4) is 0 Å². The van der Waals surface area contributed by atoms with Crippen molar-refractivity contribution in [2.45, 2.75) is 43.5 Å². The lowest BCUT2D eigenvalue weighted by atomic mass is 9.95. The molecular formula is C16H21NO2S2. The summed E-state index contributed by atoms with van der Waals surface area (Å²) >= 11 is 1.81. The molecule has 2 atom stereocenters. The summed E-state index contributed by atoms with van der Waals surface area (Å²) in [4.78, 5) is 1.32. The van der Waals surface area contributed by atoms with Crippen molar-refractivity contribution in [3.05, 3.63) is 35.2 Å². The van der Waals surface area contributed by atoms with Crippen molar-refractivity contribution < 1.29 is 8.42 Å². The van der Waals surface area contributed by atoms with Gasteiger partial charge in [-0.05, 0) is 36.8 Å². The molecule has 0 unspecified atom stereocenters. The molecule has 0 radical (unpaired) electrons. The van der Waals surface area contributed by atoms with Crippen molar-refractivity contribution >= 4 is 31.3 Å². The molecule has 3 nitrogen and oxygen atoms in total. The van der Waals surface area contributed by atoms with Crippen molar-refractivity contribution in [2.24, 2.45) is 0 Å². The second-order valence-corrected chi connectivity index (χ2v) is 9.44. The van der Waals surface area contributed by atoms with Crippen molar-refractivity contribution in [1.29, 1.82) is 0 Å². The predicted molar refractivity (Wildman–Crippen MR) is 89.6 cm³/mol. The third kappa shape index (κ3) is 3.65. The first-order valence-electron chi connectivity index (χ1n) is 7.42. The van der Waals surface area contributed by atoms with Gasteiger partial charge in [-0.25, -0.2) is 8.42 Å². The summed E-state index contributed by atoms with van der Waals surface area (Å²) in [6.45, 7) is 0.834. The third-order valence-corrected chi connectivity index (χ3v) is 7.03. The predicted octanol–water partition coefficient (Wildman–Crippen LogP) is 3.35. The molecule has 0 spiro atoms. The largest absolute Gasteiger partial charge is 0.309 e. The molecule has 0 amide bonds. The van der Waals surface area contributed by atoms with Crippen LogP contribution in [0.15, 0.2) is 30.3 Å². The van der Waals surface area contributed by atoms with Crippen LogP contribution in [0.1, 0.15) is 30.6 Å². The minimum atomic E-state index is -2.90. The molecule has 0 aliphatic heterocycles. The van der Waals surface area contributed by atoms with Gasteiger partial charge >= 0.3 is 0 Å². The zero-order valence-electron chi connectivity index (χ0n) is 12.2. The Kier molecular flexibility index (Phi) is 4.33. The van der Waals surface area contributed by atoms with Crippen LogP contribution >= 0.6 is 11.3 Å². The van der Waals surface area contributed by atoms with Gasteiger partial charge in [0.1, 0.15) is 9.84 Å². The van der Waals surface area contributed by atoms with E-state index in [2.05, 4.69) is 35.6 Å². The number of hydrogen-bond acceptors (Lipinski definition) is 4. The summed E-state index contributed by atoms with van der Waals surface area (Å²) in [5, 5.41) is 4.67. The highest BCUT2D eigenvalue weighted by molar-refractivity contribution is 7.91. The monoisotopic (exact) mass is 323 g/mol. The molecule has 1 aromatic heterocycles. The molecule has 21 heavy (non-hydrogen) atoms. The second kappa shape index (κ2) is 6.07. The van der Waals surface area contributed by atoms with Gasteiger partial charge in [0.2, 0.25) is 0 Å². The molecule has 1 aliphatic carbocycles. The highest BCUT2D eigenvalue weighted by atomic mass is 32.2. The van der Waals surface area contributed by atoms with Gasteiger partial charge in [-0.15, -0.1) is 11.3 Å². The molecule has 3 rings (SSSR count). The Hall–Kier alpha value is -0.910. The van der Waals surface area contributed by atoms with E-state index in [-0.39, 0.29) is 5.25 Å². The summed E-state index contributed by atoms with van der Waals surface area (Å²) in [6.07, 6.45) is 5.02. The van der Waals surface area contributed by atoms with Crippen LogP contribution in [0.25, 0.3) is 10.1 Å². The summed E-state index contributed by atoms with van der Waals surface area (Å²) in [5.41, 5.74) is 0. The highest BCUT2D eigenvalue weighted by Gasteiger charge is 2.28. The van der Waals surface area contributed by atoms with E-state index >= 15 is 0 Å². The Balaban J connectivity index is 1.62. The summed E-state index contributed by atoms with van der Waals surface area (Å²) in [7, 11) is -2.90. The normalized spacial score (nSPS) is 23.5. The maximum Gasteiger partial charge on any atom is 0.150 e. The second-order valence-electron chi connectivity index (χ2n) is 5.95. The SMILES string of the molecule is CS(=O)(=O)[C@H]1CCC[C@H](NCc2cc3ccccc3s2)C1. The van der Waals surface area contributed by atoms with E-state index in [0.29, 0.717) is 6.04 Å². The summed E-state index contributed by atoms with van der Waals surface area (Å²) < 4.78 is 24.7. The Morgan fingerprint density at radius 2 is 2.10 bits per heavy atom. The smallest absolute Gasteiger partial charge is 0.150 e. The molecule has 1 heterocycles. The fraction of sp³-hybridized carbons (Fsp3) is 0.500. The lowest BCUT2D eigenvalue weighted by Gasteiger charge is -2.28. The average Bonchev–Trinajstić information content (AvgIpc) is 2.87. The van der Waals surface area contributed by atoms with E-state index in [4.69, 9.17) is 0 Å². The van der Waals surface area contributed by atoms with Gasteiger partial charge in [0, 0.05) is 28.4 Å². The fourth-order valence-electron chi connectivity index (χ4n) is 3.09. The standard InChI is InChI=1S/C16H21NO2S2/c1-21(18,19)15-7-4-6-13(10-15)17-11-14-9-12-5-2-3-8-16(12)20-14/h2-3,5,8-9,13,15,17H,4,6-7,10-11H2,1H3/t13-,15-/m0/s1. The van der Waals surface area contributed by atoms with Crippen molar-refractivity contribution in [2.75, 3.05) is 6.26 Å². The van der Waals surface area contributed by atoms with Crippen molar-refractivity contribution in [3.8, 4) is 0 Å². The highest BCUT2D eigenvalue weighted by Crippen LogP contribution is 2.27. The van der Waals surface area contributed by atoms with Gasteiger partial charge in [-0.3, -0.25) is 0 Å². The van der Waals surface area contributed by atoms with Gasteiger partial charge in [-0.2, -0.15) is 0 Å². The van der Waals surface area contributed by atoms with Crippen LogP contribution in [-0.2, 0) is 16.4 Å². The topological polar surface area (TPSA) is 46.2 Å². The zero-order chi connectivity index (χ0) is 14.9. The molecule has 0 bridgehead atoms. The van der Waals surface area contributed by atoms with Crippen LogP contribution in [-0.4, -0.2) is 26.0 Å². The first kappa shape index (κ1) is 15.0. The van der Waals surface area contributed by atoms with Crippen molar-refractivity contribution in [3.63, 3.8) is 0 Å². The minimum Gasteiger partial charge on any atom is -0.309 e. The van der Waals surface area contributed by atoms with E-state index in [1.165, 1.54) is 21.2 Å². The van der Waals surface area contributed by atoms with E-state index < -0.39 is 9.84 Å². The van der Waals surface area contributed by atoms with Gasteiger partial charge in [0.05, 0.1) is 5.25 Å². The summed E-state index contributed by atoms with van der Waals surface area (Å²) in [5.74, 6) is 0. The Labute approximate surface area is 130 Å². The molecular weight excluding hydrogens is 302 g/mol. The molecule has 0 saturated heterocycles. The maximum absolute atomic E-state index is 11.7. The molecule has 1 fully saturated rings. The lowest BCUT2D eigenvalue weighted by Crippen LogP contribution is -2.38. The average molecular weight is 323 g/mol. The van der Waals surface area contributed by atoms with E-state index in [9.17, 15) is 8.42 Å². The van der Waals surface area contributed by atoms with Gasteiger partial charge < -0.3 is 5.32 Å². The molecule has 2 aromatic rings. The van der Waals surface area contributed by atoms with E-state index in [1.54, 1.807) is 0 Å². The van der Waals surface area contributed by atoms with Crippen LogP contribution < -0.4 is 5.32 Å². The number of nitrogens with one attached hydrogen (secondary N) is 1. The molecule has 1 N–H and O–H groups in total. The first-order chi connectivity index (χ1) is 10.0. The molecule has 1 aliphatic rings. The number of rotatable bonds is 4. The molecule has 1 saturated carbocycles. The lowest BCUT2D eigenvalue weighted by molar-refractivity contribution is 0.372. The maximum atomic E-state index is 11.7. The quantitative estimate of drug-likeness (QED) is 0.938. The van der Waals surface area contributed by atoms with Crippen molar-refractivity contribution in [1.82, 2.24) is 5.32 Å². The number of fused-ring (bicyclic) bond motifs is 1. The minimum absolute atomic E-state index is 0.161. The van der Waals surface area contributed by atoms with E-state index in [1.807, 2.05) is 11.3 Å². The number of thiophene rings is 1. The fourth-order valence-corrected chi connectivity index (χ4v) is 5.28. The van der Waals surface area contributed by atoms with Crippen LogP contribution in [0.5, 0.6) is 0 Å². The van der Waals surface area contributed by atoms with Gasteiger partial charge in [0.15, 0.2) is 0 Å². The molecule has 114 valence electrons. The Morgan fingerprint density at radius 3 is 2.86 bits per heavy atom. The van der Waals surface area contributed by atoms with Crippen LogP contribution in [0.4, 0.5) is 0 Å². The van der Waals surface area contributed by atoms with E-state index in [0.717, 1.165) is 32.2 Å². The third-order valence-electron chi connectivity index (χ3n) is 4.27. The van der Waals surface area contributed by atoms with Gasteiger partial charge in [-0.1, -0.05) is 24.6 Å².